The Labute approximate surface area is 131 Å². The lowest BCUT2D eigenvalue weighted by Gasteiger charge is -2.07. The van der Waals surface area contributed by atoms with Crippen LogP contribution in [0.5, 0.6) is 0 Å². The molecule has 0 saturated heterocycles. The summed E-state index contributed by atoms with van der Waals surface area (Å²) in [5.74, 6) is 1.53. The van der Waals surface area contributed by atoms with E-state index in [2.05, 4.69) is 25.1 Å². The molecule has 1 aliphatic rings. The Morgan fingerprint density at radius 1 is 1.39 bits per heavy atom. The van der Waals surface area contributed by atoms with Crippen LogP contribution in [-0.4, -0.2) is 33.3 Å². The van der Waals surface area contributed by atoms with Crippen LogP contribution in [0, 0.1) is 6.92 Å². The molecule has 3 aromatic heterocycles. The van der Waals surface area contributed by atoms with Crippen molar-refractivity contribution >= 4 is 21.1 Å². The lowest BCUT2D eigenvalue weighted by atomic mass is 10.3. The van der Waals surface area contributed by atoms with Gasteiger partial charge in [-0.1, -0.05) is 5.16 Å². The minimum atomic E-state index is -3.70. The Hall–Kier alpha value is -2.33. The van der Waals surface area contributed by atoms with E-state index in [-0.39, 0.29) is 11.4 Å². The van der Waals surface area contributed by atoms with Crippen LogP contribution >= 0.6 is 0 Å². The van der Waals surface area contributed by atoms with Gasteiger partial charge in [0.05, 0.1) is 23.8 Å². The van der Waals surface area contributed by atoms with Gasteiger partial charge >= 0.3 is 0 Å². The smallest absolute Gasteiger partial charge is 0.257 e. The molecule has 0 aromatic carbocycles. The van der Waals surface area contributed by atoms with Crippen molar-refractivity contribution < 1.29 is 12.9 Å². The predicted molar refractivity (Wildman–Crippen MR) is 78.9 cm³/mol. The van der Waals surface area contributed by atoms with Crippen LogP contribution in [0.4, 0.5) is 0 Å². The van der Waals surface area contributed by atoms with Gasteiger partial charge in [0.1, 0.15) is 16.5 Å². The number of aromatic nitrogens is 5. The zero-order chi connectivity index (χ0) is 16.0. The van der Waals surface area contributed by atoms with Gasteiger partial charge in [-0.05, 0) is 19.4 Å². The van der Waals surface area contributed by atoms with Crippen LogP contribution in [0.1, 0.15) is 23.8 Å². The lowest BCUT2D eigenvalue weighted by Crippen LogP contribution is -2.25. The molecule has 0 bridgehead atoms. The zero-order valence-electron chi connectivity index (χ0n) is 12.4. The van der Waals surface area contributed by atoms with Gasteiger partial charge in [-0.2, -0.15) is 0 Å². The molecular formula is C13H14N6O3S. The van der Waals surface area contributed by atoms with E-state index in [0.717, 1.165) is 25.2 Å². The third-order valence-electron chi connectivity index (χ3n) is 3.90. The number of hydrogen-bond acceptors (Lipinski definition) is 7. The molecule has 0 unspecified atom stereocenters. The fourth-order valence-electron chi connectivity index (χ4n) is 2.66. The van der Waals surface area contributed by atoms with Gasteiger partial charge < -0.3 is 9.09 Å². The maximum atomic E-state index is 12.4. The van der Waals surface area contributed by atoms with Crippen LogP contribution in [0.15, 0.2) is 21.7 Å². The first-order valence-corrected chi connectivity index (χ1v) is 8.65. The van der Waals surface area contributed by atoms with Gasteiger partial charge in [-0.25, -0.2) is 18.1 Å². The number of fused-ring (bicyclic) bond motifs is 2. The van der Waals surface area contributed by atoms with Crippen LogP contribution in [0.2, 0.25) is 0 Å². The normalized spacial score (nSPS) is 14.5. The Balaban J connectivity index is 1.60. The van der Waals surface area contributed by atoms with E-state index in [4.69, 9.17) is 4.52 Å². The number of rotatable bonds is 4. The average molecular weight is 334 g/mol. The van der Waals surface area contributed by atoms with Crippen LogP contribution in [0.25, 0.3) is 11.1 Å². The molecule has 0 atom stereocenters. The first kappa shape index (κ1) is 14.3. The van der Waals surface area contributed by atoms with Gasteiger partial charge in [0.25, 0.3) is 5.71 Å². The summed E-state index contributed by atoms with van der Waals surface area (Å²) in [6.07, 6.45) is 3.15. The van der Waals surface area contributed by atoms with Crippen LogP contribution < -0.4 is 4.72 Å². The molecule has 4 heterocycles. The highest BCUT2D eigenvalue weighted by molar-refractivity contribution is 7.89. The number of nitrogens with zero attached hydrogens (tertiary/aromatic N) is 5. The number of nitrogens with one attached hydrogen (secondary N) is 1. The second kappa shape index (κ2) is 5.10. The molecule has 0 aliphatic carbocycles. The standard InChI is InChI=1S/C13H14N6O3S/c1-8-10-5-9(6-14-13(10)22-18-8)23(20,21)15-7-12-17-16-11-3-2-4-19(11)12/h5-6,15H,2-4,7H2,1H3. The number of pyridine rings is 1. The van der Waals surface area contributed by atoms with Crippen LogP contribution in [-0.2, 0) is 29.5 Å². The number of sulfonamides is 1. The second-order valence-electron chi connectivity index (χ2n) is 5.40. The van der Waals surface area contributed by atoms with Crippen molar-refractivity contribution in [1.82, 2.24) is 29.6 Å². The minimum absolute atomic E-state index is 0.0671. The number of aryl methyl sites for hydroxylation is 2. The van der Waals surface area contributed by atoms with Crippen molar-refractivity contribution in [3.05, 3.63) is 29.6 Å². The van der Waals surface area contributed by atoms with Gasteiger partial charge in [-0.3, -0.25) is 0 Å². The van der Waals surface area contributed by atoms with Crippen molar-refractivity contribution in [2.45, 2.75) is 37.8 Å². The molecule has 0 amide bonds. The second-order valence-corrected chi connectivity index (χ2v) is 7.17. The third-order valence-corrected chi connectivity index (χ3v) is 5.27. The monoisotopic (exact) mass is 334 g/mol. The summed E-state index contributed by atoms with van der Waals surface area (Å²) in [5, 5.41) is 12.4. The quantitative estimate of drug-likeness (QED) is 0.740. The van der Waals surface area contributed by atoms with Crippen molar-refractivity contribution in [3.8, 4) is 0 Å². The zero-order valence-corrected chi connectivity index (χ0v) is 13.2. The molecule has 23 heavy (non-hydrogen) atoms. The number of hydrogen-bond donors (Lipinski definition) is 1. The van der Waals surface area contributed by atoms with Crippen LogP contribution in [0.3, 0.4) is 0 Å². The van der Waals surface area contributed by atoms with Crippen molar-refractivity contribution in [1.29, 1.82) is 0 Å². The van der Waals surface area contributed by atoms with E-state index in [1.807, 2.05) is 4.57 Å². The molecule has 4 rings (SSSR count). The molecule has 0 saturated carbocycles. The van der Waals surface area contributed by atoms with Gasteiger partial charge in [0.2, 0.25) is 10.0 Å². The summed E-state index contributed by atoms with van der Waals surface area (Å²) in [6.45, 7) is 2.65. The summed E-state index contributed by atoms with van der Waals surface area (Å²) in [4.78, 5) is 4.06. The lowest BCUT2D eigenvalue weighted by molar-refractivity contribution is 0.442. The topological polar surface area (TPSA) is 116 Å². The SMILES string of the molecule is Cc1noc2ncc(S(=O)(=O)NCc3nnc4n3CCC4)cc12. The summed E-state index contributed by atoms with van der Waals surface area (Å²) in [6, 6.07) is 1.50. The van der Waals surface area contributed by atoms with E-state index >= 15 is 0 Å². The molecule has 0 spiro atoms. The van der Waals surface area contributed by atoms with Crippen molar-refractivity contribution in [2.24, 2.45) is 0 Å². The molecule has 1 N–H and O–H groups in total. The first-order chi connectivity index (χ1) is 11.0. The summed E-state index contributed by atoms with van der Waals surface area (Å²) in [7, 11) is -3.70. The fraction of sp³-hybridized carbons (Fsp3) is 0.385. The minimum Gasteiger partial charge on any atom is -0.336 e. The van der Waals surface area contributed by atoms with E-state index in [0.29, 0.717) is 22.6 Å². The van der Waals surface area contributed by atoms with E-state index in [1.54, 1.807) is 6.92 Å². The Kier molecular flexibility index (Phi) is 3.16. The highest BCUT2D eigenvalue weighted by Crippen LogP contribution is 2.20. The molecule has 1 aliphatic heterocycles. The summed E-state index contributed by atoms with van der Waals surface area (Å²) >= 11 is 0. The Morgan fingerprint density at radius 2 is 2.26 bits per heavy atom. The molecule has 0 radical (unpaired) electrons. The molecule has 10 heteroatoms. The largest absolute Gasteiger partial charge is 0.336 e. The van der Waals surface area contributed by atoms with Gasteiger partial charge in [0.15, 0.2) is 0 Å². The van der Waals surface area contributed by atoms with Gasteiger partial charge in [0, 0.05) is 13.0 Å². The third kappa shape index (κ3) is 2.39. The first-order valence-electron chi connectivity index (χ1n) is 7.17. The Bertz CT molecular complexity index is 990. The highest BCUT2D eigenvalue weighted by atomic mass is 32.2. The predicted octanol–water partition coefficient (Wildman–Crippen LogP) is 0.547. The van der Waals surface area contributed by atoms with Gasteiger partial charge in [-0.15, -0.1) is 10.2 Å². The molecule has 120 valence electrons. The molecular weight excluding hydrogens is 320 g/mol. The van der Waals surface area contributed by atoms with E-state index in [9.17, 15) is 8.42 Å². The van der Waals surface area contributed by atoms with Crippen molar-refractivity contribution in [3.63, 3.8) is 0 Å². The van der Waals surface area contributed by atoms with E-state index < -0.39 is 10.0 Å². The fourth-order valence-corrected chi connectivity index (χ4v) is 3.61. The van der Waals surface area contributed by atoms with E-state index in [1.165, 1.54) is 12.3 Å². The Morgan fingerprint density at radius 3 is 3.13 bits per heavy atom. The molecule has 3 aromatic rings. The summed E-state index contributed by atoms with van der Waals surface area (Å²) in [5.41, 5.74) is 0.913. The summed E-state index contributed by atoms with van der Waals surface area (Å²) < 4.78 is 34.4. The van der Waals surface area contributed by atoms with Crippen molar-refractivity contribution in [2.75, 3.05) is 0 Å². The maximum absolute atomic E-state index is 12.4. The maximum Gasteiger partial charge on any atom is 0.257 e. The average Bonchev–Trinajstić information content (AvgIpc) is 3.22. The highest BCUT2D eigenvalue weighted by Gasteiger charge is 2.21. The molecule has 9 nitrogen and oxygen atoms in total. The molecule has 0 fully saturated rings.